The van der Waals surface area contributed by atoms with Gasteiger partial charge in [-0.05, 0) is 18.2 Å². The van der Waals surface area contributed by atoms with Crippen LogP contribution in [0.5, 0.6) is 0 Å². The van der Waals surface area contributed by atoms with Crippen LogP contribution < -0.4 is 16.0 Å². The smallest absolute Gasteiger partial charge is 0.334 e. The van der Waals surface area contributed by atoms with Crippen LogP contribution >= 0.6 is 0 Å². The molecule has 0 saturated heterocycles. The van der Waals surface area contributed by atoms with Crippen LogP contribution in [0.2, 0.25) is 0 Å². The zero-order valence-electron chi connectivity index (χ0n) is 13.3. The van der Waals surface area contributed by atoms with E-state index in [9.17, 15) is 27.2 Å². The van der Waals surface area contributed by atoms with Crippen LogP contribution in [0, 0.1) is 0 Å². The number of carbonyl (C=O) groups excluding carboxylic acids is 2. The highest BCUT2D eigenvalue weighted by atomic mass is 19.3. The van der Waals surface area contributed by atoms with Gasteiger partial charge in [0.1, 0.15) is 5.69 Å². The van der Waals surface area contributed by atoms with E-state index in [0.717, 1.165) is 6.07 Å². The second kappa shape index (κ2) is 6.32. The highest BCUT2D eigenvalue weighted by Crippen LogP contribution is 2.41. The van der Waals surface area contributed by atoms with E-state index < -0.39 is 35.5 Å². The number of carbonyl (C=O) groups is 2. The van der Waals surface area contributed by atoms with E-state index in [0.29, 0.717) is 0 Å². The van der Waals surface area contributed by atoms with Crippen molar-refractivity contribution in [1.82, 2.24) is 15.1 Å². The third kappa shape index (κ3) is 3.19. The summed E-state index contributed by atoms with van der Waals surface area (Å²) in [6.45, 7) is -0.222. The van der Waals surface area contributed by atoms with Gasteiger partial charge < -0.3 is 16.0 Å². The highest BCUT2D eigenvalue weighted by molar-refractivity contribution is 6.04. The number of alkyl halides is 4. The largest absolute Gasteiger partial charge is 0.352 e. The van der Waals surface area contributed by atoms with Crippen molar-refractivity contribution in [1.29, 1.82) is 0 Å². The number of urea groups is 1. The molecule has 1 aliphatic heterocycles. The molecule has 3 N–H and O–H groups in total. The van der Waals surface area contributed by atoms with E-state index >= 15 is 0 Å². The van der Waals surface area contributed by atoms with Gasteiger partial charge >= 0.3 is 12.0 Å². The number of hydrogen-bond acceptors (Lipinski definition) is 3. The number of anilines is 2. The van der Waals surface area contributed by atoms with E-state index in [4.69, 9.17) is 0 Å². The topological polar surface area (TPSA) is 88.0 Å². The molecule has 1 aliphatic rings. The summed E-state index contributed by atoms with van der Waals surface area (Å²) in [7, 11) is 1.47. The molecule has 3 rings (SSSR count). The molecule has 1 aromatic carbocycles. The Labute approximate surface area is 144 Å². The Balaban J connectivity index is 1.67. The van der Waals surface area contributed by atoms with E-state index in [1.807, 2.05) is 5.32 Å². The van der Waals surface area contributed by atoms with Crippen molar-refractivity contribution >= 4 is 23.3 Å². The molecule has 1 aromatic heterocycles. The maximum absolute atomic E-state index is 13.7. The lowest BCUT2D eigenvalue weighted by atomic mass is 10.1. The fraction of sp³-hybridized carbons (Fsp3) is 0.267. The highest BCUT2D eigenvalue weighted by Gasteiger charge is 2.48. The minimum Gasteiger partial charge on any atom is -0.334 e. The zero-order chi connectivity index (χ0) is 19.1. The van der Waals surface area contributed by atoms with E-state index in [1.165, 1.54) is 30.1 Å². The summed E-state index contributed by atoms with van der Waals surface area (Å²) in [5.41, 5.74) is -0.879. The number of amides is 3. The third-order valence-corrected chi connectivity index (χ3v) is 3.73. The molecule has 0 aliphatic carbocycles. The molecular formula is C15H13F4N5O2. The summed E-state index contributed by atoms with van der Waals surface area (Å²) in [5.74, 6) is -5.13. The number of fused-ring (bicyclic) bond motifs is 1. The van der Waals surface area contributed by atoms with E-state index in [2.05, 4.69) is 15.7 Å². The van der Waals surface area contributed by atoms with Gasteiger partial charge in [0.2, 0.25) is 0 Å². The average Bonchev–Trinajstić information content (AvgIpc) is 3.04. The second-order valence-corrected chi connectivity index (χ2v) is 5.61. The van der Waals surface area contributed by atoms with Crippen LogP contribution in [0.3, 0.4) is 0 Å². The van der Waals surface area contributed by atoms with Gasteiger partial charge in [0.05, 0.1) is 11.3 Å². The third-order valence-electron chi connectivity index (χ3n) is 3.73. The predicted octanol–water partition coefficient (Wildman–Crippen LogP) is 2.72. The summed E-state index contributed by atoms with van der Waals surface area (Å²) < 4.78 is 54.3. The molecule has 0 atom stereocenters. The predicted molar refractivity (Wildman–Crippen MR) is 83.0 cm³/mol. The fourth-order valence-electron chi connectivity index (χ4n) is 2.54. The SMILES string of the molecule is Cn1cc(CNC(=O)Nc2ccc3c(c2)C(F)(F)C(=O)N3)c(C(F)F)n1. The first-order chi connectivity index (χ1) is 12.2. The molecule has 26 heavy (non-hydrogen) atoms. The number of aryl methyl sites for hydroxylation is 1. The molecule has 0 fully saturated rings. The number of aromatic nitrogens is 2. The molecule has 0 radical (unpaired) electrons. The standard InChI is InChI=1S/C15H13F4N5O2/c1-24-6-7(11(23-24)12(16)17)5-20-14(26)21-8-2-3-10-9(4-8)15(18,19)13(25)22-10/h2-4,6,12H,5H2,1H3,(H,22,25)(H2,20,21,26). The zero-order valence-corrected chi connectivity index (χ0v) is 13.3. The van der Waals surface area contributed by atoms with E-state index in [-0.39, 0.29) is 23.5 Å². The minimum atomic E-state index is -3.69. The summed E-state index contributed by atoms with van der Waals surface area (Å²) in [4.78, 5) is 23.1. The van der Waals surface area contributed by atoms with E-state index in [1.54, 1.807) is 0 Å². The van der Waals surface area contributed by atoms with Crippen LogP contribution in [-0.4, -0.2) is 21.7 Å². The lowest BCUT2D eigenvalue weighted by Gasteiger charge is -2.10. The Morgan fingerprint density at radius 1 is 1.38 bits per heavy atom. The Kier molecular flexibility index (Phi) is 4.30. The van der Waals surface area contributed by atoms with Crippen molar-refractivity contribution in [2.75, 3.05) is 10.6 Å². The lowest BCUT2D eigenvalue weighted by molar-refractivity contribution is -0.139. The number of benzene rings is 1. The number of nitrogens with zero attached hydrogens (tertiary/aromatic N) is 2. The van der Waals surface area contributed by atoms with Crippen molar-refractivity contribution in [2.45, 2.75) is 18.9 Å². The van der Waals surface area contributed by atoms with Crippen molar-refractivity contribution in [3.8, 4) is 0 Å². The number of nitrogens with one attached hydrogen (secondary N) is 3. The molecule has 0 saturated carbocycles. The normalized spacial score (nSPS) is 14.9. The Hall–Kier alpha value is -3.11. The van der Waals surface area contributed by atoms with Crippen LogP contribution in [0.15, 0.2) is 24.4 Å². The Morgan fingerprint density at radius 2 is 2.12 bits per heavy atom. The molecule has 138 valence electrons. The maximum Gasteiger partial charge on any atom is 0.352 e. The number of halogens is 4. The Bertz CT molecular complexity index is 881. The van der Waals surface area contributed by atoms with Gasteiger partial charge in [-0.3, -0.25) is 9.48 Å². The number of hydrogen-bond donors (Lipinski definition) is 3. The maximum atomic E-state index is 13.7. The molecule has 7 nitrogen and oxygen atoms in total. The van der Waals surface area contributed by atoms with Crippen LogP contribution in [0.4, 0.5) is 33.7 Å². The Morgan fingerprint density at radius 3 is 2.81 bits per heavy atom. The number of rotatable bonds is 4. The van der Waals surface area contributed by atoms with Gasteiger partial charge in [-0.25, -0.2) is 13.6 Å². The quantitative estimate of drug-likeness (QED) is 0.722. The first-order valence-corrected chi connectivity index (χ1v) is 7.37. The molecule has 0 spiro atoms. The summed E-state index contributed by atoms with van der Waals surface area (Å²) >= 11 is 0. The van der Waals surface area contributed by atoms with Crippen molar-refractivity contribution < 1.29 is 27.2 Å². The molecule has 3 amide bonds. The summed E-state index contributed by atoms with van der Waals surface area (Å²) in [5, 5.41) is 10.3. The van der Waals surface area contributed by atoms with Crippen LogP contribution in [0.25, 0.3) is 0 Å². The first-order valence-electron chi connectivity index (χ1n) is 7.37. The minimum absolute atomic E-state index is 0.0256. The first kappa shape index (κ1) is 17.7. The molecular weight excluding hydrogens is 358 g/mol. The van der Waals surface area contributed by atoms with Crippen molar-refractivity contribution in [3.63, 3.8) is 0 Å². The van der Waals surface area contributed by atoms with Crippen molar-refractivity contribution in [3.05, 3.63) is 41.2 Å². The van der Waals surface area contributed by atoms with Gasteiger partial charge in [0, 0.05) is 31.0 Å². The molecule has 0 unspecified atom stereocenters. The molecule has 11 heteroatoms. The van der Waals surface area contributed by atoms with Gasteiger partial charge in [0.25, 0.3) is 12.3 Å². The van der Waals surface area contributed by atoms with Gasteiger partial charge in [-0.1, -0.05) is 0 Å². The summed E-state index contributed by atoms with van der Waals surface area (Å²) in [6, 6.07) is 2.75. The second-order valence-electron chi connectivity index (χ2n) is 5.61. The monoisotopic (exact) mass is 371 g/mol. The fourth-order valence-corrected chi connectivity index (χ4v) is 2.54. The average molecular weight is 371 g/mol. The molecule has 0 bridgehead atoms. The lowest BCUT2D eigenvalue weighted by Crippen LogP contribution is -2.28. The van der Waals surface area contributed by atoms with Gasteiger partial charge in [0.15, 0.2) is 0 Å². The molecule has 2 heterocycles. The van der Waals surface area contributed by atoms with Gasteiger partial charge in [-0.2, -0.15) is 13.9 Å². The van der Waals surface area contributed by atoms with Gasteiger partial charge in [-0.15, -0.1) is 0 Å². The van der Waals surface area contributed by atoms with Crippen molar-refractivity contribution in [2.24, 2.45) is 7.05 Å². The summed E-state index contributed by atoms with van der Waals surface area (Å²) in [6.07, 6.45) is -1.45. The van der Waals surface area contributed by atoms with Crippen LogP contribution in [0.1, 0.15) is 23.2 Å². The van der Waals surface area contributed by atoms with Crippen LogP contribution in [-0.2, 0) is 24.3 Å². The molecule has 2 aromatic rings.